The topological polar surface area (TPSA) is 66.5 Å². The van der Waals surface area contributed by atoms with Crippen molar-refractivity contribution in [3.8, 4) is 0 Å². The number of sulfonamides is 1. The first-order valence-corrected chi connectivity index (χ1v) is 11.0. The third-order valence-electron chi connectivity index (χ3n) is 5.10. The number of nitrogens with one attached hydrogen (secondary N) is 1. The van der Waals surface area contributed by atoms with Gasteiger partial charge in [-0.2, -0.15) is 0 Å². The number of rotatable bonds is 6. The van der Waals surface area contributed by atoms with Gasteiger partial charge in [0, 0.05) is 31.1 Å². The number of hydrogen-bond donors (Lipinski definition) is 1. The van der Waals surface area contributed by atoms with Crippen molar-refractivity contribution in [3.05, 3.63) is 71.0 Å². The second kappa shape index (κ2) is 8.84. The fourth-order valence-corrected chi connectivity index (χ4v) is 4.92. The molecule has 0 spiro atoms. The van der Waals surface area contributed by atoms with Crippen molar-refractivity contribution in [2.45, 2.75) is 32.1 Å². The number of nitrogens with zero attached hydrogens (tertiary/aromatic N) is 1. The van der Waals surface area contributed by atoms with Crippen LogP contribution >= 0.6 is 0 Å². The highest BCUT2D eigenvalue weighted by Crippen LogP contribution is 2.22. The monoisotopic (exact) mass is 404 g/mol. The molecule has 1 aliphatic heterocycles. The maximum absolute atomic E-state index is 13.8. The summed E-state index contributed by atoms with van der Waals surface area (Å²) in [7, 11) is -3.61. The number of aryl methyl sites for hydroxylation is 1. The Bertz CT molecular complexity index is 921. The van der Waals surface area contributed by atoms with E-state index in [9.17, 15) is 17.6 Å². The average molecular weight is 405 g/mol. The molecule has 150 valence electrons. The van der Waals surface area contributed by atoms with Gasteiger partial charge in [-0.3, -0.25) is 4.79 Å². The lowest BCUT2D eigenvalue weighted by molar-refractivity contribution is -0.126. The van der Waals surface area contributed by atoms with Crippen molar-refractivity contribution < 1.29 is 17.6 Å². The molecule has 1 fully saturated rings. The Morgan fingerprint density at radius 1 is 1.11 bits per heavy atom. The third-order valence-corrected chi connectivity index (χ3v) is 6.93. The third kappa shape index (κ3) is 5.17. The van der Waals surface area contributed by atoms with Crippen LogP contribution in [0.15, 0.2) is 48.5 Å². The molecule has 0 aliphatic carbocycles. The molecule has 0 radical (unpaired) electrons. The molecule has 1 heterocycles. The lowest BCUT2D eigenvalue weighted by atomic mass is 9.97. The van der Waals surface area contributed by atoms with Gasteiger partial charge in [-0.25, -0.2) is 17.1 Å². The normalized spacial score (nSPS) is 16.1. The fraction of sp³-hybridized carbons (Fsp3) is 0.381. The maximum Gasteiger partial charge on any atom is 0.223 e. The average Bonchev–Trinajstić information content (AvgIpc) is 2.69. The van der Waals surface area contributed by atoms with Gasteiger partial charge in [-0.1, -0.05) is 48.0 Å². The van der Waals surface area contributed by atoms with Crippen molar-refractivity contribution in [2.75, 3.05) is 13.1 Å². The SMILES string of the molecule is Cc1ccc(CNC(=O)C2CCN(S(=O)(=O)Cc3ccccc3F)CC2)cc1. The van der Waals surface area contributed by atoms with E-state index in [1.807, 2.05) is 31.2 Å². The summed E-state index contributed by atoms with van der Waals surface area (Å²) >= 11 is 0. The van der Waals surface area contributed by atoms with Crippen LogP contribution in [-0.4, -0.2) is 31.7 Å². The Balaban J connectivity index is 1.51. The summed E-state index contributed by atoms with van der Waals surface area (Å²) in [6, 6.07) is 13.9. The molecule has 1 saturated heterocycles. The van der Waals surface area contributed by atoms with E-state index in [1.54, 1.807) is 6.07 Å². The number of benzene rings is 2. The van der Waals surface area contributed by atoms with Gasteiger partial charge in [0.1, 0.15) is 5.82 Å². The van der Waals surface area contributed by atoms with Crippen LogP contribution in [0.1, 0.15) is 29.5 Å². The zero-order chi connectivity index (χ0) is 20.1. The highest BCUT2D eigenvalue weighted by atomic mass is 32.2. The van der Waals surface area contributed by atoms with Crippen LogP contribution in [0.3, 0.4) is 0 Å². The van der Waals surface area contributed by atoms with Crippen molar-refractivity contribution >= 4 is 15.9 Å². The predicted molar refractivity (Wildman–Crippen MR) is 106 cm³/mol. The number of piperidine rings is 1. The predicted octanol–water partition coefficient (Wildman–Crippen LogP) is 2.99. The van der Waals surface area contributed by atoms with Crippen LogP contribution in [-0.2, 0) is 27.1 Å². The van der Waals surface area contributed by atoms with E-state index in [1.165, 1.54) is 28.1 Å². The number of halogens is 1. The van der Waals surface area contributed by atoms with Crippen LogP contribution in [0.5, 0.6) is 0 Å². The number of carbonyl (C=O) groups is 1. The number of carbonyl (C=O) groups excluding carboxylic acids is 1. The Morgan fingerprint density at radius 3 is 2.39 bits per heavy atom. The van der Waals surface area contributed by atoms with Crippen LogP contribution < -0.4 is 5.32 Å². The summed E-state index contributed by atoms with van der Waals surface area (Å²) in [4.78, 5) is 12.4. The summed E-state index contributed by atoms with van der Waals surface area (Å²) in [6.07, 6.45) is 0.937. The summed E-state index contributed by atoms with van der Waals surface area (Å²) in [5, 5.41) is 2.93. The van der Waals surface area contributed by atoms with Crippen LogP contribution in [0.25, 0.3) is 0 Å². The van der Waals surface area contributed by atoms with E-state index < -0.39 is 15.8 Å². The van der Waals surface area contributed by atoms with Crippen molar-refractivity contribution in [1.29, 1.82) is 0 Å². The zero-order valence-electron chi connectivity index (χ0n) is 15.9. The first kappa shape index (κ1) is 20.5. The minimum atomic E-state index is -3.61. The zero-order valence-corrected chi connectivity index (χ0v) is 16.7. The molecule has 2 aromatic carbocycles. The second-order valence-corrected chi connectivity index (χ2v) is 9.19. The quantitative estimate of drug-likeness (QED) is 0.805. The molecule has 5 nitrogen and oxygen atoms in total. The van der Waals surface area contributed by atoms with E-state index in [-0.39, 0.29) is 36.2 Å². The van der Waals surface area contributed by atoms with Crippen molar-refractivity contribution in [1.82, 2.24) is 9.62 Å². The molecule has 0 bridgehead atoms. The first-order chi connectivity index (χ1) is 13.3. The molecule has 1 amide bonds. The van der Waals surface area contributed by atoms with Gasteiger partial charge >= 0.3 is 0 Å². The summed E-state index contributed by atoms with van der Waals surface area (Å²) in [5.74, 6) is -1.13. The van der Waals surface area contributed by atoms with Crippen LogP contribution in [0.2, 0.25) is 0 Å². The molecule has 28 heavy (non-hydrogen) atoms. The molecule has 7 heteroatoms. The molecule has 1 aliphatic rings. The lowest BCUT2D eigenvalue weighted by Gasteiger charge is -2.30. The highest BCUT2D eigenvalue weighted by Gasteiger charge is 2.31. The smallest absolute Gasteiger partial charge is 0.223 e. The molecule has 0 atom stereocenters. The van der Waals surface area contributed by atoms with E-state index in [0.717, 1.165) is 5.56 Å². The van der Waals surface area contributed by atoms with Gasteiger partial charge in [0.2, 0.25) is 15.9 Å². The Kier molecular flexibility index (Phi) is 6.46. The molecular formula is C21H25FN2O3S. The van der Waals surface area contributed by atoms with E-state index >= 15 is 0 Å². The molecule has 0 aromatic heterocycles. The van der Waals surface area contributed by atoms with Gasteiger partial charge in [0.25, 0.3) is 0 Å². The Labute approximate surface area is 165 Å². The largest absolute Gasteiger partial charge is 0.352 e. The molecule has 0 saturated carbocycles. The van der Waals surface area contributed by atoms with E-state index in [4.69, 9.17) is 0 Å². The Morgan fingerprint density at radius 2 is 1.75 bits per heavy atom. The Hall–Kier alpha value is -2.25. The van der Waals surface area contributed by atoms with Crippen molar-refractivity contribution in [3.63, 3.8) is 0 Å². The van der Waals surface area contributed by atoms with Gasteiger partial charge in [-0.15, -0.1) is 0 Å². The highest BCUT2D eigenvalue weighted by molar-refractivity contribution is 7.88. The van der Waals surface area contributed by atoms with Gasteiger partial charge in [0.15, 0.2) is 0 Å². The maximum atomic E-state index is 13.8. The molecule has 3 rings (SSSR count). The minimum absolute atomic E-state index is 0.0493. The summed E-state index contributed by atoms with van der Waals surface area (Å²) in [5.41, 5.74) is 2.36. The minimum Gasteiger partial charge on any atom is -0.352 e. The molecule has 1 N–H and O–H groups in total. The number of hydrogen-bond acceptors (Lipinski definition) is 3. The van der Waals surface area contributed by atoms with Gasteiger partial charge < -0.3 is 5.32 Å². The fourth-order valence-electron chi connectivity index (χ4n) is 3.34. The summed E-state index contributed by atoms with van der Waals surface area (Å²) in [6.45, 7) is 3.03. The molecular weight excluding hydrogens is 379 g/mol. The van der Waals surface area contributed by atoms with Gasteiger partial charge in [0.05, 0.1) is 5.75 Å². The van der Waals surface area contributed by atoms with Crippen LogP contribution in [0.4, 0.5) is 4.39 Å². The second-order valence-electron chi connectivity index (χ2n) is 7.22. The van der Waals surface area contributed by atoms with E-state index in [0.29, 0.717) is 19.4 Å². The standard InChI is InChI=1S/C21H25FN2O3S/c1-16-6-8-17(9-7-16)14-23-21(25)18-10-12-24(13-11-18)28(26,27)15-19-4-2-3-5-20(19)22/h2-9,18H,10-15H2,1H3,(H,23,25). The van der Waals surface area contributed by atoms with E-state index in [2.05, 4.69) is 5.32 Å². The lowest BCUT2D eigenvalue weighted by Crippen LogP contribution is -2.43. The van der Waals surface area contributed by atoms with Gasteiger partial charge in [-0.05, 0) is 31.4 Å². The summed E-state index contributed by atoms with van der Waals surface area (Å²) < 4.78 is 40.3. The van der Waals surface area contributed by atoms with Crippen LogP contribution in [0, 0.1) is 18.7 Å². The molecule has 0 unspecified atom stereocenters. The van der Waals surface area contributed by atoms with Crippen molar-refractivity contribution in [2.24, 2.45) is 5.92 Å². The number of amides is 1. The molecule has 2 aromatic rings. The first-order valence-electron chi connectivity index (χ1n) is 9.39.